The fourth-order valence-electron chi connectivity index (χ4n) is 2.57. The summed E-state index contributed by atoms with van der Waals surface area (Å²) < 4.78 is 18.5. The number of hydrogen-bond donors (Lipinski definition) is 1. The number of rotatable bonds is 6. The molecular formula is C20H17FN2O3S. The van der Waals surface area contributed by atoms with E-state index < -0.39 is 11.8 Å². The first-order valence-corrected chi connectivity index (χ1v) is 9.00. The van der Waals surface area contributed by atoms with E-state index in [0.717, 1.165) is 9.75 Å². The maximum atomic E-state index is 13.3. The summed E-state index contributed by atoms with van der Waals surface area (Å²) >= 11 is 1.52. The van der Waals surface area contributed by atoms with Crippen LogP contribution < -0.4 is 5.32 Å². The summed E-state index contributed by atoms with van der Waals surface area (Å²) in [4.78, 5) is 30.7. The summed E-state index contributed by atoms with van der Waals surface area (Å²) in [6.45, 7) is 3.42. The zero-order chi connectivity index (χ0) is 19.4. The Morgan fingerprint density at radius 1 is 1.15 bits per heavy atom. The molecule has 0 atom stereocenters. The van der Waals surface area contributed by atoms with E-state index in [1.165, 1.54) is 35.7 Å². The van der Waals surface area contributed by atoms with Crippen molar-refractivity contribution in [3.05, 3.63) is 75.4 Å². The first-order valence-electron chi connectivity index (χ1n) is 8.19. The second-order valence-corrected chi connectivity index (χ2v) is 7.32. The highest BCUT2D eigenvalue weighted by Gasteiger charge is 2.18. The Hall–Kier alpha value is -3.06. The van der Waals surface area contributed by atoms with Gasteiger partial charge in [-0.15, -0.1) is 11.3 Å². The number of Topliss-reactive ketones (excluding diaryl/α,β-unsaturated/α-hetero) is 1. The Balaban J connectivity index is 1.71. The van der Waals surface area contributed by atoms with Gasteiger partial charge in [-0.3, -0.25) is 4.79 Å². The predicted octanol–water partition coefficient (Wildman–Crippen LogP) is 4.68. The topological polar surface area (TPSA) is 68.3 Å². The number of aromatic nitrogens is 1. The van der Waals surface area contributed by atoms with Crippen LogP contribution in [0.25, 0.3) is 0 Å². The zero-order valence-corrected chi connectivity index (χ0v) is 15.6. The monoisotopic (exact) mass is 384 g/mol. The van der Waals surface area contributed by atoms with Crippen LogP contribution >= 0.6 is 11.3 Å². The minimum absolute atomic E-state index is 0.160. The number of anilines is 2. The summed E-state index contributed by atoms with van der Waals surface area (Å²) in [5.41, 5.74) is 1.17. The number of ketones is 1. The van der Waals surface area contributed by atoms with Gasteiger partial charge in [0.15, 0.2) is 6.61 Å². The van der Waals surface area contributed by atoms with Gasteiger partial charge in [0.2, 0.25) is 5.78 Å². The van der Waals surface area contributed by atoms with Crippen molar-refractivity contribution in [2.24, 2.45) is 0 Å². The molecule has 3 rings (SSSR count). The molecular weight excluding hydrogens is 367 g/mol. The van der Waals surface area contributed by atoms with Gasteiger partial charge in [-0.25, -0.2) is 14.2 Å². The van der Waals surface area contributed by atoms with Crippen LogP contribution in [0.3, 0.4) is 0 Å². The molecule has 138 valence electrons. The Bertz CT molecular complexity index is 1000. The Labute approximate surface area is 159 Å². The normalized spacial score (nSPS) is 10.5. The number of ether oxygens (including phenoxy) is 1. The third kappa shape index (κ3) is 4.57. The standard InChI is InChI=1S/C20H17FN2O3S/c1-12-9-17(13(2)27-12)18(24)11-26-20(25)16-7-4-8-22-19(16)23-15-6-3-5-14(21)10-15/h3-10H,11H2,1-2H3,(H,22,23). The summed E-state index contributed by atoms with van der Waals surface area (Å²) in [7, 11) is 0. The number of pyridine rings is 1. The molecule has 0 saturated heterocycles. The molecule has 1 aromatic carbocycles. The molecule has 0 bridgehead atoms. The number of esters is 1. The predicted molar refractivity (Wildman–Crippen MR) is 102 cm³/mol. The number of nitrogens with zero attached hydrogens (tertiary/aromatic N) is 1. The lowest BCUT2D eigenvalue weighted by molar-refractivity contribution is 0.0475. The van der Waals surface area contributed by atoms with Gasteiger partial charge >= 0.3 is 5.97 Å². The molecule has 3 aromatic rings. The van der Waals surface area contributed by atoms with E-state index in [9.17, 15) is 14.0 Å². The maximum Gasteiger partial charge on any atom is 0.342 e. The number of halogens is 1. The van der Waals surface area contributed by atoms with E-state index in [-0.39, 0.29) is 23.8 Å². The Kier molecular flexibility index (Phi) is 5.61. The maximum absolute atomic E-state index is 13.3. The van der Waals surface area contributed by atoms with Gasteiger partial charge in [0.1, 0.15) is 17.2 Å². The van der Waals surface area contributed by atoms with Gasteiger partial charge in [-0.05, 0) is 50.2 Å². The van der Waals surface area contributed by atoms with Crippen molar-refractivity contribution in [2.75, 3.05) is 11.9 Å². The number of carbonyl (C=O) groups is 2. The number of benzene rings is 1. The van der Waals surface area contributed by atoms with Crippen molar-refractivity contribution in [3.63, 3.8) is 0 Å². The van der Waals surface area contributed by atoms with E-state index in [4.69, 9.17) is 4.74 Å². The van der Waals surface area contributed by atoms with Gasteiger partial charge in [-0.1, -0.05) is 6.07 Å². The van der Waals surface area contributed by atoms with Gasteiger partial charge in [0, 0.05) is 27.2 Å². The van der Waals surface area contributed by atoms with Crippen molar-refractivity contribution in [1.82, 2.24) is 4.98 Å². The van der Waals surface area contributed by atoms with Crippen molar-refractivity contribution >= 4 is 34.6 Å². The third-order valence-corrected chi connectivity index (χ3v) is 4.76. The average molecular weight is 384 g/mol. The molecule has 0 radical (unpaired) electrons. The number of thiophene rings is 1. The minimum atomic E-state index is -0.681. The van der Waals surface area contributed by atoms with Gasteiger partial charge in [-0.2, -0.15) is 0 Å². The molecule has 0 unspecified atom stereocenters. The van der Waals surface area contributed by atoms with Crippen molar-refractivity contribution in [2.45, 2.75) is 13.8 Å². The van der Waals surface area contributed by atoms with Crippen LogP contribution in [0.2, 0.25) is 0 Å². The van der Waals surface area contributed by atoms with Crippen molar-refractivity contribution in [3.8, 4) is 0 Å². The van der Waals surface area contributed by atoms with Crippen LogP contribution in [-0.4, -0.2) is 23.3 Å². The number of hydrogen-bond acceptors (Lipinski definition) is 6. The molecule has 0 amide bonds. The summed E-state index contributed by atoms with van der Waals surface area (Å²) in [6, 6.07) is 10.7. The fourth-order valence-corrected chi connectivity index (χ4v) is 3.51. The van der Waals surface area contributed by atoms with Gasteiger partial charge in [0.05, 0.1) is 0 Å². The first-order chi connectivity index (χ1) is 12.9. The summed E-state index contributed by atoms with van der Waals surface area (Å²) in [5, 5.41) is 2.89. The lowest BCUT2D eigenvalue weighted by atomic mass is 10.2. The van der Waals surface area contributed by atoms with Crippen LogP contribution in [0.4, 0.5) is 15.9 Å². The quantitative estimate of drug-likeness (QED) is 0.494. The highest BCUT2D eigenvalue weighted by Crippen LogP contribution is 2.22. The van der Waals surface area contributed by atoms with Gasteiger partial charge in [0.25, 0.3) is 0 Å². The number of carbonyl (C=O) groups excluding carboxylic acids is 2. The highest BCUT2D eigenvalue weighted by atomic mass is 32.1. The third-order valence-electron chi connectivity index (χ3n) is 3.79. The van der Waals surface area contributed by atoms with Crippen LogP contribution in [0, 0.1) is 19.7 Å². The second-order valence-electron chi connectivity index (χ2n) is 5.86. The molecule has 7 heteroatoms. The van der Waals surface area contributed by atoms with Crippen LogP contribution in [0.5, 0.6) is 0 Å². The van der Waals surface area contributed by atoms with E-state index in [2.05, 4.69) is 10.3 Å². The fraction of sp³-hybridized carbons (Fsp3) is 0.150. The molecule has 0 spiro atoms. The van der Waals surface area contributed by atoms with Crippen LogP contribution in [0.15, 0.2) is 48.7 Å². The Morgan fingerprint density at radius 2 is 1.96 bits per heavy atom. The van der Waals surface area contributed by atoms with Crippen molar-refractivity contribution < 1.29 is 18.7 Å². The van der Waals surface area contributed by atoms with Crippen molar-refractivity contribution in [1.29, 1.82) is 0 Å². The molecule has 0 fully saturated rings. The van der Waals surface area contributed by atoms with Crippen LogP contribution in [-0.2, 0) is 4.74 Å². The highest BCUT2D eigenvalue weighted by molar-refractivity contribution is 7.12. The van der Waals surface area contributed by atoms with E-state index in [0.29, 0.717) is 11.3 Å². The molecule has 0 aliphatic carbocycles. The minimum Gasteiger partial charge on any atom is -0.454 e. The molecule has 0 aliphatic heterocycles. The molecule has 1 N–H and O–H groups in total. The molecule has 5 nitrogen and oxygen atoms in total. The smallest absolute Gasteiger partial charge is 0.342 e. The largest absolute Gasteiger partial charge is 0.454 e. The lowest BCUT2D eigenvalue weighted by Crippen LogP contribution is -2.16. The molecule has 0 aliphatic rings. The lowest BCUT2D eigenvalue weighted by Gasteiger charge is -2.10. The Morgan fingerprint density at radius 3 is 2.67 bits per heavy atom. The molecule has 2 aromatic heterocycles. The SMILES string of the molecule is Cc1cc(C(=O)COC(=O)c2cccnc2Nc2cccc(F)c2)c(C)s1. The zero-order valence-electron chi connectivity index (χ0n) is 14.8. The van der Waals surface area contributed by atoms with Gasteiger partial charge < -0.3 is 10.1 Å². The summed E-state index contributed by atoms with van der Waals surface area (Å²) in [6.07, 6.45) is 1.50. The average Bonchev–Trinajstić information content (AvgIpc) is 2.98. The summed E-state index contributed by atoms with van der Waals surface area (Å²) in [5.74, 6) is -1.12. The van der Waals surface area contributed by atoms with E-state index in [1.807, 2.05) is 13.8 Å². The van der Waals surface area contributed by atoms with Crippen LogP contribution in [0.1, 0.15) is 30.5 Å². The van der Waals surface area contributed by atoms with E-state index in [1.54, 1.807) is 24.3 Å². The molecule has 0 saturated carbocycles. The molecule has 27 heavy (non-hydrogen) atoms. The number of aryl methyl sites for hydroxylation is 2. The second kappa shape index (κ2) is 8.09. The van der Waals surface area contributed by atoms with E-state index >= 15 is 0 Å². The first kappa shape index (κ1) is 18.7. The number of nitrogens with one attached hydrogen (secondary N) is 1. The molecule has 2 heterocycles.